The van der Waals surface area contributed by atoms with E-state index in [2.05, 4.69) is 0 Å². The van der Waals surface area contributed by atoms with Crippen LogP contribution in [-0.2, 0) is 0 Å². The first kappa shape index (κ1) is 8.08. The maximum absolute atomic E-state index is 10.4. The SMILES string of the molecule is Cc1cc(N)cc(Cl)c1C=O. The van der Waals surface area contributed by atoms with Gasteiger partial charge in [0.25, 0.3) is 0 Å². The van der Waals surface area contributed by atoms with E-state index in [-0.39, 0.29) is 0 Å². The number of benzene rings is 1. The molecule has 0 aliphatic rings. The van der Waals surface area contributed by atoms with E-state index in [0.29, 0.717) is 16.3 Å². The van der Waals surface area contributed by atoms with Crippen LogP contribution in [0.3, 0.4) is 0 Å². The van der Waals surface area contributed by atoms with E-state index >= 15 is 0 Å². The van der Waals surface area contributed by atoms with Crippen LogP contribution in [0, 0.1) is 6.92 Å². The Bertz CT molecular complexity index is 273. The third-order valence-corrected chi connectivity index (χ3v) is 1.79. The van der Waals surface area contributed by atoms with Crippen molar-refractivity contribution in [2.24, 2.45) is 0 Å². The normalized spacial score (nSPS) is 9.64. The topological polar surface area (TPSA) is 43.1 Å². The monoisotopic (exact) mass is 169 g/mol. The first-order valence-electron chi connectivity index (χ1n) is 3.16. The fraction of sp³-hybridized carbons (Fsp3) is 0.125. The molecule has 2 N–H and O–H groups in total. The molecule has 0 bridgehead atoms. The van der Waals surface area contributed by atoms with Crippen molar-refractivity contribution in [3.8, 4) is 0 Å². The van der Waals surface area contributed by atoms with Crippen molar-refractivity contribution in [3.05, 3.63) is 28.3 Å². The van der Waals surface area contributed by atoms with Gasteiger partial charge in [0.05, 0.1) is 5.02 Å². The van der Waals surface area contributed by atoms with E-state index in [1.165, 1.54) is 0 Å². The zero-order valence-corrected chi connectivity index (χ0v) is 6.85. The smallest absolute Gasteiger partial charge is 0.151 e. The van der Waals surface area contributed by atoms with Crippen LogP contribution < -0.4 is 5.73 Å². The van der Waals surface area contributed by atoms with Crippen molar-refractivity contribution >= 4 is 23.6 Å². The molecule has 0 heterocycles. The fourth-order valence-corrected chi connectivity index (χ4v) is 1.25. The molecule has 3 heteroatoms. The predicted molar refractivity (Wildman–Crippen MR) is 46.0 cm³/mol. The summed E-state index contributed by atoms with van der Waals surface area (Å²) in [6.07, 6.45) is 0.733. The van der Waals surface area contributed by atoms with E-state index in [1.54, 1.807) is 19.1 Å². The Hall–Kier alpha value is -1.02. The van der Waals surface area contributed by atoms with Gasteiger partial charge in [-0.3, -0.25) is 4.79 Å². The lowest BCUT2D eigenvalue weighted by molar-refractivity contribution is 0.112. The number of anilines is 1. The van der Waals surface area contributed by atoms with Gasteiger partial charge in [-0.15, -0.1) is 0 Å². The molecular weight excluding hydrogens is 162 g/mol. The van der Waals surface area contributed by atoms with Gasteiger partial charge in [-0.1, -0.05) is 11.6 Å². The molecule has 0 aliphatic carbocycles. The standard InChI is InChI=1S/C8H8ClNO/c1-5-2-6(10)3-8(9)7(5)4-11/h2-4H,10H2,1H3. The molecule has 0 spiro atoms. The average molecular weight is 170 g/mol. The first-order valence-corrected chi connectivity index (χ1v) is 3.53. The maximum Gasteiger partial charge on any atom is 0.151 e. The third kappa shape index (κ3) is 1.52. The molecule has 0 aromatic heterocycles. The van der Waals surface area contributed by atoms with Crippen LogP contribution in [0.1, 0.15) is 15.9 Å². The van der Waals surface area contributed by atoms with Gasteiger partial charge in [0.2, 0.25) is 0 Å². The number of hydrogen-bond donors (Lipinski definition) is 1. The number of nitrogen functional groups attached to an aromatic ring is 1. The molecule has 0 saturated carbocycles. The van der Waals surface area contributed by atoms with Crippen LogP contribution in [0.25, 0.3) is 0 Å². The minimum Gasteiger partial charge on any atom is -0.399 e. The summed E-state index contributed by atoms with van der Waals surface area (Å²) in [5.74, 6) is 0. The van der Waals surface area contributed by atoms with Gasteiger partial charge < -0.3 is 5.73 Å². The van der Waals surface area contributed by atoms with E-state index in [4.69, 9.17) is 17.3 Å². The minimum absolute atomic E-state index is 0.414. The van der Waals surface area contributed by atoms with Crippen LogP contribution >= 0.6 is 11.6 Å². The number of rotatable bonds is 1. The molecule has 0 atom stereocenters. The summed E-state index contributed by atoms with van der Waals surface area (Å²) in [6.45, 7) is 1.80. The van der Waals surface area contributed by atoms with Gasteiger partial charge in [-0.2, -0.15) is 0 Å². The van der Waals surface area contributed by atoms with Crippen LogP contribution in [0.4, 0.5) is 5.69 Å². The molecule has 0 aliphatic heterocycles. The van der Waals surface area contributed by atoms with E-state index in [1.807, 2.05) is 0 Å². The maximum atomic E-state index is 10.4. The largest absolute Gasteiger partial charge is 0.399 e. The van der Waals surface area contributed by atoms with Crippen LogP contribution in [0.2, 0.25) is 5.02 Å². The Balaban J connectivity index is 3.36. The molecule has 2 nitrogen and oxygen atoms in total. The van der Waals surface area contributed by atoms with Crippen molar-refractivity contribution in [3.63, 3.8) is 0 Å². The van der Waals surface area contributed by atoms with Crippen molar-refractivity contribution < 1.29 is 4.79 Å². The highest BCUT2D eigenvalue weighted by Gasteiger charge is 2.02. The Morgan fingerprint density at radius 2 is 2.18 bits per heavy atom. The average Bonchev–Trinajstić information content (AvgIpc) is 1.85. The Labute approximate surface area is 70.0 Å². The zero-order chi connectivity index (χ0) is 8.43. The van der Waals surface area contributed by atoms with Crippen molar-refractivity contribution in [1.82, 2.24) is 0 Å². The Morgan fingerprint density at radius 1 is 1.55 bits per heavy atom. The van der Waals surface area contributed by atoms with Gasteiger partial charge in [-0.05, 0) is 24.6 Å². The number of hydrogen-bond acceptors (Lipinski definition) is 2. The first-order chi connectivity index (χ1) is 5.15. The summed E-state index contributed by atoms with van der Waals surface area (Å²) >= 11 is 5.72. The highest BCUT2D eigenvalue weighted by Crippen LogP contribution is 2.21. The lowest BCUT2D eigenvalue weighted by atomic mass is 10.1. The zero-order valence-electron chi connectivity index (χ0n) is 6.10. The van der Waals surface area contributed by atoms with Crippen LogP contribution in [-0.4, -0.2) is 6.29 Å². The van der Waals surface area contributed by atoms with Crippen LogP contribution in [0.5, 0.6) is 0 Å². The summed E-state index contributed by atoms with van der Waals surface area (Å²) in [4.78, 5) is 10.4. The molecule has 0 saturated heterocycles. The second-order valence-electron chi connectivity index (χ2n) is 2.35. The quantitative estimate of drug-likeness (QED) is 0.517. The van der Waals surface area contributed by atoms with Gasteiger partial charge in [0.1, 0.15) is 0 Å². The molecule has 0 amide bonds. The molecule has 0 unspecified atom stereocenters. The van der Waals surface area contributed by atoms with Crippen molar-refractivity contribution in [2.45, 2.75) is 6.92 Å². The molecule has 11 heavy (non-hydrogen) atoms. The fourth-order valence-electron chi connectivity index (χ4n) is 0.931. The molecular formula is C8H8ClNO. The Kier molecular flexibility index (Phi) is 2.15. The molecule has 0 radical (unpaired) electrons. The van der Waals surface area contributed by atoms with Gasteiger partial charge in [-0.25, -0.2) is 0 Å². The Morgan fingerprint density at radius 3 is 2.64 bits per heavy atom. The van der Waals surface area contributed by atoms with E-state index in [0.717, 1.165) is 11.8 Å². The molecule has 1 aromatic rings. The van der Waals surface area contributed by atoms with Gasteiger partial charge >= 0.3 is 0 Å². The summed E-state index contributed by atoms with van der Waals surface area (Å²) < 4.78 is 0. The number of halogens is 1. The third-order valence-electron chi connectivity index (χ3n) is 1.48. The molecule has 0 fully saturated rings. The molecule has 1 rings (SSSR count). The van der Waals surface area contributed by atoms with Gasteiger partial charge in [0.15, 0.2) is 6.29 Å². The second-order valence-corrected chi connectivity index (χ2v) is 2.76. The summed E-state index contributed by atoms with van der Waals surface area (Å²) in [5, 5.41) is 0.414. The number of aldehydes is 1. The summed E-state index contributed by atoms with van der Waals surface area (Å²) in [5.41, 5.74) is 7.39. The number of carbonyl (C=O) groups is 1. The minimum atomic E-state index is 0.414. The molecule has 1 aromatic carbocycles. The van der Waals surface area contributed by atoms with E-state index < -0.39 is 0 Å². The summed E-state index contributed by atoms with van der Waals surface area (Å²) in [7, 11) is 0. The number of nitrogens with two attached hydrogens (primary N) is 1. The lowest BCUT2D eigenvalue weighted by Crippen LogP contribution is -1.92. The molecule has 58 valence electrons. The van der Waals surface area contributed by atoms with Crippen molar-refractivity contribution in [1.29, 1.82) is 0 Å². The van der Waals surface area contributed by atoms with Crippen molar-refractivity contribution in [2.75, 3.05) is 5.73 Å². The van der Waals surface area contributed by atoms with Crippen LogP contribution in [0.15, 0.2) is 12.1 Å². The predicted octanol–water partition coefficient (Wildman–Crippen LogP) is 2.04. The lowest BCUT2D eigenvalue weighted by Gasteiger charge is -2.01. The van der Waals surface area contributed by atoms with E-state index in [9.17, 15) is 4.79 Å². The number of carbonyl (C=O) groups excluding carboxylic acids is 1. The second kappa shape index (κ2) is 2.93. The highest BCUT2D eigenvalue weighted by atomic mass is 35.5. The summed E-state index contributed by atoms with van der Waals surface area (Å²) in [6, 6.07) is 3.29. The van der Waals surface area contributed by atoms with Gasteiger partial charge in [0, 0.05) is 11.3 Å². The highest BCUT2D eigenvalue weighted by molar-refractivity contribution is 6.33. The number of aryl methyl sites for hydroxylation is 1.